The predicted molar refractivity (Wildman–Crippen MR) is 123 cm³/mol. The van der Waals surface area contributed by atoms with Gasteiger partial charge in [0.05, 0.1) is 6.61 Å². The molecule has 0 spiro atoms. The van der Waals surface area contributed by atoms with Gasteiger partial charge in [0, 0.05) is 0 Å². The second kappa shape index (κ2) is 11.2. The van der Waals surface area contributed by atoms with Crippen molar-refractivity contribution in [3.05, 3.63) is 59.2 Å². The molecule has 0 aromatic heterocycles. The average Bonchev–Trinajstić information content (AvgIpc) is 2.80. The first-order valence-corrected chi connectivity index (χ1v) is 10.9. The van der Waals surface area contributed by atoms with Crippen molar-refractivity contribution < 1.29 is 28.6 Å². The van der Waals surface area contributed by atoms with E-state index >= 15 is 0 Å². The van der Waals surface area contributed by atoms with E-state index in [1.54, 1.807) is 18.2 Å². The first kappa shape index (κ1) is 23.8. The number of amides is 4. The molecule has 2 aromatic rings. The number of barbiturate groups is 1. The summed E-state index contributed by atoms with van der Waals surface area (Å²) in [6.07, 6.45) is 2.47. The monoisotopic (exact) mass is 452 g/mol. The number of hydrogen-bond acceptors (Lipinski definition) is 6. The van der Waals surface area contributed by atoms with E-state index in [0.717, 1.165) is 12.2 Å². The third-order valence-corrected chi connectivity index (χ3v) is 5.19. The molecule has 8 heteroatoms. The predicted octanol–water partition coefficient (Wildman–Crippen LogP) is 3.81. The lowest BCUT2D eigenvalue weighted by molar-refractivity contribution is -0.123. The molecule has 0 unspecified atom stereocenters. The molecule has 1 fully saturated rings. The molecule has 33 heavy (non-hydrogen) atoms. The van der Waals surface area contributed by atoms with Gasteiger partial charge >= 0.3 is 6.03 Å². The summed E-state index contributed by atoms with van der Waals surface area (Å²) in [7, 11) is 0. The Morgan fingerprint density at radius 2 is 1.52 bits per heavy atom. The molecule has 2 aromatic carbocycles. The molecule has 0 radical (unpaired) electrons. The minimum Gasteiger partial charge on any atom is -0.490 e. The molecule has 1 aliphatic heterocycles. The Labute approximate surface area is 192 Å². The van der Waals surface area contributed by atoms with E-state index in [1.807, 2.05) is 29.7 Å². The van der Waals surface area contributed by atoms with Gasteiger partial charge in [-0.1, -0.05) is 32.0 Å². The summed E-state index contributed by atoms with van der Waals surface area (Å²) in [5.41, 5.74) is 1.67. The van der Waals surface area contributed by atoms with E-state index in [2.05, 4.69) is 26.0 Å². The van der Waals surface area contributed by atoms with Crippen LogP contribution in [0.15, 0.2) is 48.0 Å². The van der Waals surface area contributed by atoms with Crippen LogP contribution in [-0.4, -0.2) is 37.7 Å². The van der Waals surface area contributed by atoms with E-state index in [0.29, 0.717) is 42.8 Å². The Balaban J connectivity index is 1.61. The fourth-order valence-corrected chi connectivity index (χ4v) is 3.21. The zero-order chi connectivity index (χ0) is 23.8. The maximum Gasteiger partial charge on any atom is 0.328 e. The minimum absolute atomic E-state index is 0.168. The summed E-state index contributed by atoms with van der Waals surface area (Å²) < 4.78 is 17.2. The van der Waals surface area contributed by atoms with Crippen molar-refractivity contribution in [2.24, 2.45) is 0 Å². The van der Waals surface area contributed by atoms with Crippen LogP contribution in [0.25, 0.3) is 6.08 Å². The van der Waals surface area contributed by atoms with Crippen LogP contribution >= 0.6 is 0 Å². The van der Waals surface area contributed by atoms with Crippen molar-refractivity contribution in [2.75, 3.05) is 19.8 Å². The molecule has 4 amide bonds. The molecule has 1 aliphatic rings. The minimum atomic E-state index is -0.838. The Bertz CT molecular complexity index is 1020. The molecular formula is C25H28N2O6. The number of imide groups is 2. The van der Waals surface area contributed by atoms with Gasteiger partial charge in [-0.25, -0.2) is 4.79 Å². The second-order valence-corrected chi connectivity index (χ2v) is 7.51. The molecule has 1 saturated heterocycles. The zero-order valence-electron chi connectivity index (χ0n) is 19.0. The van der Waals surface area contributed by atoms with Crippen molar-refractivity contribution >= 4 is 23.9 Å². The largest absolute Gasteiger partial charge is 0.490 e. The molecular weight excluding hydrogens is 424 g/mol. The van der Waals surface area contributed by atoms with Crippen LogP contribution in [0.2, 0.25) is 0 Å². The highest BCUT2D eigenvalue weighted by molar-refractivity contribution is 6.31. The Morgan fingerprint density at radius 1 is 0.848 bits per heavy atom. The summed E-state index contributed by atoms with van der Waals surface area (Å²) >= 11 is 0. The van der Waals surface area contributed by atoms with Crippen molar-refractivity contribution in [2.45, 2.75) is 33.1 Å². The summed E-state index contributed by atoms with van der Waals surface area (Å²) in [5, 5.41) is 4.08. The summed E-state index contributed by atoms with van der Waals surface area (Å²) in [6.45, 7) is 7.27. The molecule has 174 valence electrons. The van der Waals surface area contributed by atoms with Crippen LogP contribution in [0.3, 0.4) is 0 Å². The fraction of sp³-hybridized carbons (Fsp3) is 0.320. The van der Waals surface area contributed by atoms with Gasteiger partial charge in [-0.15, -0.1) is 0 Å². The highest BCUT2D eigenvalue weighted by atomic mass is 16.5. The van der Waals surface area contributed by atoms with Gasteiger partial charge in [-0.2, -0.15) is 0 Å². The van der Waals surface area contributed by atoms with Gasteiger partial charge < -0.3 is 14.2 Å². The Kier molecular flexibility index (Phi) is 8.07. The summed E-state index contributed by atoms with van der Waals surface area (Å²) in [4.78, 5) is 35.0. The molecule has 0 aliphatic carbocycles. The van der Waals surface area contributed by atoms with E-state index in [-0.39, 0.29) is 5.57 Å². The van der Waals surface area contributed by atoms with E-state index < -0.39 is 17.8 Å². The van der Waals surface area contributed by atoms with Crippen LogP contribution in [0.1, 0.15) is 44.2 Å². The lowest BCUT2D eigenvalue weighted by Crippen LogP contribution is -2.51. The SMILES string of the molecule is CCOc1cc(C=C2C(=O)NC(=O)NC2=O)ccc1OCCOc1ccc([C@H](C)CC)cc1. The van der Waals surface area contributed by atoms with Crippen LogP contribution in [0, 0.1) is 0 Å². The van der Waals surface area contributed by atoms with Crippen LogP contribution in [-0.2, 0) is 9.59 Å². The van der Waals surface area contributed by atoms with Crippen molar-refractivity contribution in [1.29, 1.82) is 0 Å². The number of carbonyl (C=O) groups is 3. The number of nitrogens with one attached hydrogen (secondary N) is 2. The van der Waals surface area contributed by atoms with E-state index in [1.165, 1.54) is 11.6 Å². The number of benzene rings is 2. The molecule has 3 rings (SSSR count). The molecule has 1 heterocycles. The summed E-state index contributed by atoms with van der Waals surface area (Å²) in [6, 6.07) is 12.3. The van der Waals surface area contributed by atoms with Gasteiger partial charge in [0.1, 0.15) is 24.5 Å². The van der Waals surface area contributed by atoms with Crippen molar-refractivity contribution in [3.8, 4) is 17.2 Å². The smallest absolute Gasteiger partial charge is 0.328 e. The first-order valence-electron chi connectivity index (χ1n) is 10.9. The first-order chi connectivity index (χ1) is 15.9. The number of urea groups is 1. The fourth-order valence-electron chi connectivity index (χ4n) is 3.21. The lowest BCUT2D eigenvalue weighted by Gasteiger charge is -2.15. The van der Waals surface area contributed by atoms with Crippen LogP contribution in [0.5, 0.6) is 17.2 Å². The maximum atomic E-state index is 11.9. The number of hydrogen-bond donors (Lipinski definition) is 2. The third-order valence-electron chi connectivity index (χ3n) is 5.19. The third kappa shape index (κ3) is 6.35. The number of ether oxygens (including phenoxy) is 3. The van der Waals surface area contributed by atoms with E-state index in [9.17, 15) is 14.4 Å². The molecule has 2 N–H and O–H groups in total. The highest BCUT2D eigenvalue weighted by Crippen LogP contribution is 2.30. The standard InChI is InChI=1S/C25H28N2O6/c1-4-16(3)18-7-9-19(10-8-18)32-12-13-33-21-11-6-17(15-22(21)31-5-2)14-20-23(28)26-25(30)27-24(20)29/h6-11,14-16H,4-5,12-13H2,1-3H3,(H2,26,27,28,29,30)/t16-/m1/s1. The molecule has 0 saturated carbocycles. The van der Waals surface area contributed by atoms with Crippen molar-refractivity contribution in [3.63, 3.8) is 0 Å². The number of rotatable bonds is 10. The second-order valence-electron chi connectivity index (χ2n) is 7.51. The summed E-state index contributed by atoms with van der Waals surface area (Å²) in [5.74, 6) is 0.773. The van der Waals surface area contributed by atoms with Crippen molar-refractivity contribution in [1.82, 2.24) is 10.6 Å². The average molecular weight is 453 g/mol. The normalized spacial score (nSPS) is 14.3. The van der Waals surface area contributed by atoms with Gasteiger partial charge in [-0.3, -0.25) is 20.2 Å². The van der Waals surface area contributed by atoms with Crippen LogP contribution < -0.4 is 24.8 Å². The van der Waals surface area contributed by atoms with Gasteiger partial charge in [0.25, 0.3) is 11.8 Å². The Hall–Kier alpha value is -3.81. The maximum absolute atomic E-state index is 11.9. The van der Waals surface area contributed by atoms with Gasteiger partial charge in [0.2, 0.25) is 0 Å². The lowest BCUT2D eigenvalue weighted by atomic mass is 9.99. The molecule has 8 nitrogen and oxygen atoms in total. The number of carbonyl (C=O) groups excluding carboxylic acids is 3. The topological polar surface area (TPSA) is 103 Å². The molecule has 1 atom stereocenters. The quantitative estimate of drug-likeness (QED) is 0.323. The Morgan fingerprint density at radius 3 is 2.15 bits per heavy atom. The van der Waals surface area contributed by atoms with Gasteiger partial charge in [-0.05, 0) is 60.7 Å². The highest BCUT2D eigenvalue weighted by Gasteiger charge is 2.27. The zero-order valence-corrected chi connectivity index (χ0v) is 19.0. The van der Waals surface area contributed by atoms with Gasteiger partial charge in [0.15, 0.2) is 11.5 Å². The molecule has 0 bridgehead atoms. The van der Waals surface area contributed by atoms with E-state index in [4.69, 9.17) is 14.2 Å². The van der Waals surface area contributed by atoms with Crippen LogP contribution in [0.4, 0.5) is 4.79 Å².